The Morgan fingerprint density at radius 1 is 1.59 bits per heavy atom. The van der Waals surface area contributed by atoms with E-state index in [2.05, 4.69) is 6.07 Å². The zero-order valence-corrected chi connectivity index (χ0v) is 10.4. The molecule has 0 aromatic heterocycles. The summed E-state index contributed by atoms with van der Waals surface area (Å²) >= 11 is 5.79. The van der Waals surface area contributed by atoms with Crippen molar-refractivity contribution in [3.63, 3.8) is 0 Å². The van der Waals surface area contributed by atoms with Gasteiger partial charge in [0.15, 0.2) is 0 Å². The number of alkyl halides is 1. The molecular formula is C13H13ClN2O. The fourth-order valence-corrected chi connectivity index (χ4v) is 2.29. The number of nitrogens with zero attached hydrogens (tertiary/aromatic N) is 2. The van der Waals surface area contributed by atoms with Gasteiger partial charge in [-0.15, -0.1) is 11.6 Å². The standard InChI is InChI=1S/C13H13ClN2O/c1-9-2-3-10(7-15)4-12(9)16-8-11(6-14)5-13(16)17/h2-4,11H,5-6,8H2,1H3. The van der Waals surface area contributed by atoms with Crippen LogP contribution in [-0.2, 0) is 4.79 Å². The molecule has 3 nitrogen and oxygen atoms in total. The number of nitriles is 1. The van der Waals surface area contributed by atoms with Crippen molar-refractivity contribution in [3.05, 3.63) is 29.3 Å². The molecule has 17 heavy (non-hydrogen) atoms. The predicted molar refractivity (Wildman–Crippen MR) is 67.1 cm³/mol. The summed E-state index contributed by atoms with van der Waals surface area (Å²) in [5, 5.41) is 8.89. The highest BCUT2D eigenvalue weighted by molar-refractivity contribution is 6.18. The van der Waals surface area contributed by atoms with Gasteiger partial charge in [0.25, 0.3) is 0 Å². The topological polar surface area (TPSA) is 44.1 Å². The molecule has 1 unspecified atom stereocenters. The zero-order valence-electron chi connectivity index (χ0n) is 9.61. The van der Waals surface area contributed by atoms with E-state index in [4.69, 9.17) is 16.9 Å². The molecule has 1 aromatic carbocycles. The van der Waals surface area contributed by atoms with Crippen molar-refractivity contribution in [2.75, 3.05) is 17.3 Å². The number of carbonyl (C=O) groups excluding carboxylic acids is 1. The summed E-state index contributed by atoms with van der Waals surface area (Å²) in [6.45, 7) is 2.59. The van der Waals surface area contributed by atoms with Gasteiger partial charge in [0, 0.05) is 24.5 Å². The summed E-state index contributed by atoms with van der Waals surface area (Å²) in [7, 11) is 0. The van der Waals surface area contributed by atoms with Gasteiger partial charge in [-0.1, -0.05) is 6.07 Å². The molecule has 1 atom stereocenters. The number of rotatable bonds is 2. The normalized spacial score (nSPS) is 19.5. The highest BCUT2D eigenvalue weighted by Gasteiger charge is 2.30. The van der Waals surface area contributed by atoms with Gasteiger partial charge in [0.1, 0.15) is 0 Å². The van der Waals surface area contributed by atoms with E-state index in [0.29, 0.717) is 24.4 Å². The molecule has 0 saturated carbocycles. The molecule has 4 heteroatoms. The third kappa shape index (κ3) is 2.27. The van der Waals surface area contributed by atoms with E-state index in [0.717, 1.165) is 11.3 Å². The molecule has 0 bridgehead atoms. The van der Waals surface area contributed by atoms with Crippen LogP contribution >= 0.6 is 11.6 Å². The molecule has 0 radical (unpaired) electrons. The molecule has 2 rings (SSSR count). The summed E-state index contributed by atoms with van der Waals surface area (Å²) in [6.07, 6.45) is 0.500. The van der Waals surface area contributed by atoms with Gasteiger partial charge in [0.2, 0.25) is 5.91 Å². The fraction of sp³-hybridized carbons (Fsp3) is 0.385. The van der Waals surface area contributed by atoms with Crippen molar-refractivity contribution in [1.29, 1.82) is 5.26 Å². The number of anilines is 1. The second-order valence-corrected chi connectivity index (χ2v) is 4.65. The first-order chi connectivity index (χ1) is 8.15. The summed E-state index contributed by atoms with van der Waals surface area (Å²) in [4.78, 5) is 13.6. The largest absolute Gasteiger partial charge is 0.312 e. The van der Waals surface area contributed by atoms with Crippen molar-refractivity contribution < 1.29 is 4.79 Å². The minimum atomic E-state index is 0.0915. The monoisotopic (exact) mass is 248 g/mol. The van der Waals surface area contributed by atoms with Crippen LogP contribution in [0.25, 0.3) is 0 Å². The van der Waals surface area contributed by atoms with Crippen molar-refractivity contribution in [2.45, 2.75) is 13.3 Å². The van der Waals surface area contributed by atoms with E-state index in [1.54, 1.807) is 17.0 Å². The van der Waals surface area contributed by atoms with Gasteiger partial charge in [-0.25, -0.2) is 0 Å². The van der Waals surface area contributed by atoms with E-state index < -0.39 is 0 Å². The number of aryl methyl sites for hydroxylation is 1. The maximum absolute atomic E-state index is 11.9. The molecule has 1 saturated heterocycles. The molecule has 0 spiro atoms. The summed E-state index contributed by atoms with van der Waals surface area (Å²) in [5.74, 6) is 0.808. The smallest absolute Gasteiger partial charge is 0.227 e. The molecule has 1 amide bonds. The average molecular weight is 249 g/mol. The third-order valence-corrected chi connectivity index (χ3v) is 3.49. The summed E-state index contributed by atoms with van der Waals surface area (Å²) < 4.78 is 0. The quantitative estimate of drug-likeness (QED) is 0.755. The second-order valence-electron chi connectivity index (χ2n) is 4.34. The maximum atomic E-state index is 11.9. The lowest BCUT2D eigenvalue weighted by Gasteiger charge is -2.19. The molecule has 0 N–H and O–H groups in total. The Balaban J connectivity index is 2.34. The molecule has 1 heterocycles. The Morgan fingerprint density at radius 2 is 2.35 bits per heavy atom. The number of hydrogen-bond acceptors (Lipinski definition) is 2. The first-order valence-corrected chi connectivity index (χ1v) is 6.06. The first-order valence-electron chi connectivity index (χ1n) is 5.52. The van der Waals surface area contributed by atoms with Crippen molar-refractivity contribution in [2.24, 2.45) is 5.92 Å². The van der Waals surface area contributed by atoms with Gasteiger partial charge >= 0.3 is 0 Å². The number of amides is 1. The van der Waals surface area contributed by atoms with Crippen LogP contribution in [0.2, 0.25) is 0 Å². The average Bonchev–Trinajstić information content (AvgIpc) is 2.71. The summed E-state index contributed by atoms with van der Waals surface area (Å²) in [5.41, 5.74) is 2.42. The SMILES string of the molecule is Cc1ccc(C#N)cc1N1CC(CCl)CC1=O. The lowest BCUT2D eigenvalue weighted by atomic mass is 10.1. The zero-order chi connectivity index (χ0) is 12.4. The van der Waals surface area contributed by atoms with E-state index in [1.807, 2.05) is 13.0 Å². The Bertz CT molecular complexity index is 493. The third-order valence-electron chi connectivity index (χ3n) is 3.05. The van der Waals surface area contributed by atoms with E-state index >= 15 is 0 Å². The highest BCUT2D eigenvalue weighted by Crippen LogP contribution is 2.29. The first kappa shape index (κ1) is 11.9. The molecule has 1 fully saturated rings. The van der Waals surface area contributed by atoms with Gasteiger partial charge in [-0.05, 0) is 30.5 Å². The van der Waals surface area contributed by atoms with E-state index in [9.17, 15) is 4.79 Å². The maximum Gasteiger partial charge on any atom is 0.227 e. The Morgan fingerprint density at radius 3 is 2.94 bits per heavy atom. The molecule has 88 valence electrons. The predicted octanol–water partition coefficient (Wildman–Crippen LogP) is 2.46. The highest BCUT2D eigenvalue weighted by atomic mass is 35.5. The lowest BCUT2D eigenvalue weighted by Crippen LogP contribution is -2.25. The molecular weight excluding hydrogens is 236 g/mol. The summed E-state index contributed by atoms with van der Waals surface area (Å²) in [6, 6.07) is 7.49. The Kier molecular flexibility index (Phi) is 3.35. The molecule has 1 aromatic rings. The van der Waals surface area contributed by atoms with Crippen molar-refractivity contribution in [1.82, 2.24) is 0 Å². The molecule has 0 aliphatic carbocycles. The molecule has 1 aliphatic heterocycles. The van der Waals surface area contributed by atoms with Gasteiger partial charge in [0.05, 0.1) is 11.6 Å². The van der Waals surface area contributed by atoms with Crippen LogP contribution in [0, 0.1) is 24.2 Å². The van der Waals surface area contributed by atoms with Gasteiger partial charge in [-0.2, -0.15) is 5.26 Å². The van der Waals surface area contributed by atoms with Crippen LogP contribution in [0.5, 0.6) is 0 Å². The molecule has 1 aliphatic rings. The van der Waals surface area contributed by atoms with Crippen LogP contribution in [0.1, 0.15) is 17.5 Å². The number of benzene rings is 1. The van der Waals surface area contributed by atoms with Crippen molar-refractivity contribution in [3.8, 4) is 6.07 Å². The number of carbonyl (C=O) groups is 1. The van der Waals surface area contributed by atoms with Gasteiger partial charge in [-0.3, -0.25) is 4.79 Å². The van der Waals surface area contributed by atoms with E-state index in [1.165, 1.54) is 0 Å². The number of halogens is 1. The Labute approximate surface area is 106 Å². The second kappa shape index (κ2) is 4.77. The van der Waals surface area contributed by atoms with Crippen LogP contribution in [0.15, 0.2) is 18.2 Å². The van der Waals surface area contributed by atoms with Crippen LogP contribution in [0.4, 0.5) is 5.69 Å². The minimum Gasteiger partial charge on any atom is -0.312 e. The van der Waals surface area contributed by atoms with E-state index in [-0.39, 0.29) is 11.8 Å². The fourth-order valence-electron chi connectivity index (χ4n) is 2.09. The van der Waals surface area contributed by atoms with Gasteiger partial charge < -0.3 is 4.90 Å². The van der Waals surface area contributed by atoms with Crippen LogP contribution in [0.3, 0.4) is 0 Å². The van der Waals surface area contributed by atoms with Crippen LogP contribution in [-0.4, -0.2) is 18.3 Å². The van der Waals surface area contributed by atoms with Crippen molar-refractivity contribution >= 4 is 23.2 Å². The minimum absolute atomic E-state index is 0.0915. The Hall–Kier alpha value is -1.53. The lowest BCUT2D eigenvalue weighted by molar-refractivity contribution is -0.117. The number of hydrogen-bond donors (Lipinski definition) is 0. The van der Waals surface area contributed by atoms with Crippen LogP contribution < -0.4 is 4.90 Å².